The predicted octanol–water partition coefficient (Wildman–Crippen LogP) is 4.55. The van der Waals surface area contributed by atoms with Crippen LogP contribution in [0.25, 0.3) is 6.08 Å². The number of nitrogens with zero attached hydrogens (tertiary/aromatic N) is 2. The molecule has 1 saturated heterocycles. The number of esters is 2. The first-order valence-corrected chi connectivity index (χ1v) is 11.8. The molecular weight excluding hydrogens is 468 g/mol. The van der Waals surface area contributed by atoms with Crippen LogP contribution in [-0.2, 0) is 14.3 Å². The van der Waals surface area contributed by atoms with Crippen LogP contribution < -0.4 is 9.64 Å². The maximum atomic E-state index is 14.3. The SMILES string of the molecule is COC(=O)[C@@]1(C#N)[C@@H]2C=Cc3ccccc3N2[C@@H](C(=O)c2ccc(OC(C)=O)cc2)[C@@H]1c1ccccc1. The molecule has 0 aromatic heterocycles. The van der Waals surface area contributed by atoms with Gasteiger partial charge < -0.3 is 14.4 Å². The lowest BCUT2D eigenvalue weighted by Gasteiger charge is -2.36. The molecule has 7 heteroatoms. The number of carbonyl (C=O) groups is 3. The lowest BCUT2D eigenvalue weighted by Crippen LogP contribution is -2.46. The Hall–Kier alpha value is -4.70. The lowest BCUT2D eigenvalue weighted by atomic mass is 9.68. The van der Waals surface area contributed by atoms with Crippen molar-refractivity contribution in [1.29, 1.82) is 5.26 Å². The van der Waals surface area contributed by atoms with Crippen LogP contribution >= 0.6 is 0 Å². The molecule has 0 N–H and O–H groups in total. The van der Waals surface area contributed by atoms with Crippen LogP contribution in [0.5, 0.6) is 5.75 Å². The number of carbonyl (C=O) groups excluding carboxylic acids is 3. The van der Waals surface area contributed by atoms with Crippen molar-refractivity contribution in [3.63, 3.8) is 0 Å². The number of para-hydroxylation sites is 1. The molecule has 0 unspecified atom stereocenters. The highest BCUT2D eigenvalue weighted by atomic mass is 16.5. The van der Waals surface area contributed by atoms with Gasteiger partial charge in [0.25, 0.3) is 0 Å². The van der Waals surface area contributed by atoms with E-state index in [4.69, 9.17) is 9.47 Å². The Labute approximate surface area is 214 Å². The maximum absolute atomic E-state index is 14.3. The highest BCUT2D eigenvalue weighted by Gasteiger charge is 2.67. The van der Waals surface area contributed by atoms with Gasteiger partial charge in [-0.2, -0.15) is 5.26 Å². The van der Waals surface area contributed by atoms with Crippen LogP contribution in [-0.4, -0.2) is 36.9 Å². The number of nitriles is 1. The molecule has 2 aliphatic heterocycles. The number of methoxy groups -OCH3 is 1. The zero-order valence-electron chi connectivity index (χ0n) is 20.3. The number of rotatable bonds is 5. The molecule has 4 atom stereocenters. The highest BCUT2D eigenvalue weighted by molar-refractivity contribution is 6.06. The number of hydrogen-bond acceptors (Lipinski definition) is 7. The van der Waals surface area contributed by atoms with Gasteiger partial charge in [0.2, 0.25) is 0 Å². The van der Waals surface area contributed by atoms with E-state index in [0.717, 1.165) is 11.3 Å². The van der Waals surface area contributed by atoms with E-state index in [1.165, 1.54) is 14.0 Å². The normalized spacial score (nSPS) is 23.4. The van der Waals surface area contributed by atoms with Gasteiger partial charge in [-0.3, -0.25) is 14.4 Å². The largest absolute Gasteiger partial charge is 0.468 e. The van der Waals surface area contributed by atoms with Crippen molar-refractivity contribution in [2.75, 3.05) is 12.0 Å². The number of anilines is 1. The van der Waals surface area contributed by atoms with E-state index in [1.54, 1.807) is 24.3 Å². The fourth-order valence-electron chi connectivity index (χ4n) is 5.59. The van der Waals surface area contributed by atoms with Gasteiger partial charge in [-0.05, 0) is 41.5 Å². The number of benzene rings is 3. The van der Waals surface area contributed by atoms with Crippen LogP contribution in [0.4, 0.5) is 5.69 Å². The van der Waals surface area contributed by atoms with E-state index >= 15 is 0 Å². The van der Waals surface area contributed by atoms with Gasteiger partial charge in [0.15, 0.2) is 11.2 Å². The summed E-state index contributed by atoms with van der Waals surface area (Å²) in [6.45, 7) is 1.30. The van der Waals surface area contributed by atoms with Gasteiger partial charge in [0, 0.05) is 24.1 Å². The Morgan fingerprint density at radius 1 is 0.946 bits per heavy atom. The molecule has 0 bridgehead atoms. The van der Waals surface area contributed by atoms with Crippen LogP contribution in [0.2, 0.25) is 0 Å². The number of ether oxygens (including phenoxy) is 2. The molecule has 2 heterocycles. The van der Waals surface area contributed by atoms with Crippen molar-refractivity contribution in [1.82, 2.24) is 0 Å². The Balaban J connectivity index is 1.73. The second-order valence-corrected chi connectivity index (χ2v) is 9.06. The fourth-order valence-corrected chi connectivity index (χ4v) is 5.59. The monoisotopic (exact) mass is 492 g/mol. The molecule has 0 amide bonds. The summed E-state index contributed by atoms with van der Waals surface area (Å²) < 4.78 is 10.3. The van der Waals surface area contributed by atoms with Crippen LogP contribution in [0, 0.1) is 16.7 Å². The molecule has 0 aliphatic carbocycles. The summed E-state index contributed by atoms with van der Waals surface area (Å²) in [6.07, 6.45) is 3.70. The second-order valence-electron chi connectivity index (χ2n) is 9.06. The third-order valence-corrected chi connectivity index (χ3v) is 7.08. The van der Waals surface area contributed by atoms with Crippen molar-refractivity contribution in [3.05, 3.63) is 102 Å². The summed E-state index contributed by atoms with van der Waals surface area (Å²) >= 11 is 0. The molecule has 3 aromatic carbocycles. The molecule has 0 spiro atoms. The average Bonchev–Trinajstić information content (AvgIpc) is 3.24. The van der Waals surface area contributed by atoms with Gasteiger partial charge in [0.05, 0.1) is 19.2 Å². The summed E-state index contributed by atoms with van der Waals surface area (Å²) in [4.78, 5) is 41.0. The minimum absolute atomic E-state index is 0.264. The first kappa shape index (κ1) is 24.0. The highest BCUT2D eigenvalue weighted by Crippen LogP contribution is 2.56. The average molecular weight is 493 g/mol. The summed E-state index contributed by atoms with van der Waals surface area (Å²) in [7, 11) is 1.26. The Morgan fingerprint density at radius 3 is 2.27 bits per heavy atom. The summed E-state index contributed by atoms with van der Waals surface area (Å²) in [5, 5.41) is 10.7. The molecule has 1 fully saturated rings. The Kier molecular flexibility index (Phi) is 6.10. The van der Waals surface area contributed by atoms with E-state index in [2.05, 4.69) is 6.07 Å². The van der Waals surface area contributed by atoms with E-state index in [-0.39, 0.29) is 5.78 Å². The molecular formula is C30H24N2O5. The van der Waals surface area contributed by atoms with Gasteiger partial charge in [-0.25, -0.2) is 0 Å². The smallest absolute Gasteiger partial charge is 0.329 e. The predicted molar refractivity (Wildman–Crippen MR) is 137 cm³/mol. The fraction of sp³-hybridized carbons (Fsp3) is 0.200. The van der Waals surface area contributed by atoms with Gasteiger partial charge in [0.1, 0.15) is 11.8 Å². The molecule has 7 nitrogen and oxygen atoms in total. The molecule has 37 heavy (non-hydrogen) atoms. The molecule has 3 aromatic rings. The number of ketones is 1. The van der Waals surface area contributed by atoms with Crippen molar-refractivity contribution in [2.45, 2.75) is 24.9 Å². The Bertz CT molecular complexity index is 1440. The minimum atomic E-state index is -1.68. The Morgan fingerprint density at radius 2 is 1.62 bits per heavy atom. The van der Waals surface area contributed by atoms with Crippen molar-refractivity contribution in [3.8, 4) is 11.8 Å². The number of fused-ring (bicyclic) bond motifs is 3. The summed E-state index contributed by atoms with van der Waals surface area (Å²) in [6, 6.07) is 23.7. The van der Waals surface area contributed by atoms with Crippen molar-refractivity contribution < 1.29 is 23.9 Å². The molecule has 0 saturated carbocycles. The maximum Gasteiger partial charge on any atom is 0.329 e. The van der Waals surface area contributed by atoms with Crippen LogP contribution in [0.15, 0.2) is 84.9 Å². The third kappa shape index (κ3) is 3.78. The topological polar surface area (TPSA) is 96.7 Å². The van der Waals surface area contributed by atoms with E-state index < -0.39 is 35.4 Å². The van der Waals surface area contributed by atoms with Gasteiger partial charge >= 0.3 is 11.9 Å². The van der Waals surface area contributed by atoms with Gasteiger partial charge in [-0.1, -0.05) is 60.7 Å². The first-order valence-electron chi connectivity index (χ1n) is 11.8. The zero-order valence-corrected chi connectivity index (χ0v) is 20.3. The molecule has 0 radical (unpaired) electrons. The van der Waals surface area contributed by atoms with E-state index in [9.17, 15) is 19.6 Å². The molecule has 5 rings (SSSR count). The zero-order chi connectivity index (χ0) is 26.2. The minimum Gasteiger partial charge on any atom is -0.468 e. The van der Waals surface area contributed by atoms with Crippen molar-refractivity contribution in [2.24, 2.45) is 5.41 Å². The first-order chi connectivity index (χ1) is 17.9. The van der Waals surface area contributed by atoms with Crippen LogP contribution in [0.1, 0.15) is 34.3 Å². The molecule has 2 aliphatic rings. The second kappa shape index (κ2) is 9.40. The van der Waals surface area contributed by atoms with Crippen molar-refractivity contribution >= 4 is 29.5 Å². The lowest BCUT2D eigenvalue weighted by molar-refractivity contribution is -0.150. The third-order valence-electron chi connectivity index (χ3n) is 7.08. The van der Waals surface area contributed by atoms with E-state index in [0.29, 0.717) is 16.9 Å². The number of Topliss-reactive ketones (excluding diaryl/α,β-unsaturated/α-hetero) is 1. The van der Waals surface area contributed by atoms with E-state index in [1.807, 2.05) is 71.6 Å². The quantitative estimate of drug-likeness (QED) is 0.293. The summed E-state index contributed by atoms with van der Waals surface area (Å²) in [5.41, 5.74) is 1.01. The molecule has 184 valence electrons. The van der Waals surface area contributed by atoms with Gasteiger partial charge in [-0.15, -0.1) is 0 Å². The summed E-state index contributed by atoms with van der Waals surface area (Å²) in [5.74, 6) is -1.93. The van der Waals surface area contributed by atoms with Crippen LogP contribution in [0.3, 0.4) is 0 Å². The number of hydrogen-bond donors (Lipinski definition) is 0. The standard InChI is InChI=1S/C30H24N2O5/c1-19(33)37-23-15-12-22(13-16-23)28(34)27-26(21-9-4-3-5-10-21)30(18-31,29(35)36-2)25-17-14-20-8-6-7-11-24(20)32(25)27/h3-17,25-27H,1-2H3/t25-,26-,27+,30-/m0/s1.